The molecule has 0 atom stereocenters. The third-order valence-corrected chi connectivity index (χ3v) is 2.53. The minimum absolute atomic E-state index is 0.153. The summed E-state index contributed by atoms with van der Waals surface area (Å²) in [6.45, 7) is -0.153. The smallest absolute Gasteiger partial charge is 0.254 e. The Balaban J connectivity index is 2.08. The van der Waals surface area contributed by atoms with Gasteiger partial charge in [0.1, 0.15) is 0 Å². The van der Waals surface area contributed by atoms with Crippen LogP contribution in [0, 0.1) is 23.4 Å². The topological polar surface area (TPSA) is 42.0 Å². The van der Waals surface area contributed by atoms with E-state index in [0.717, 1.165) is 24.4 Å². The van der Waals surface area contributed by atoms with E-state index in [0.29, 0.717) is 0 Å². The van der Waals surface area contributed by atoms with E-state index in [1.165, 1.54) is 6.07 Å². The molecule has 7 heteroatoms. The van der Waals surface area contributed by atoms with E-state index in [9.17, 15) is 22.4 Å². The molecule has 0 spiro atoms. The Labute approximate surface area is 111 Å². The summed E-state index contributed by atoms with van der Waals surface area (Å²) < 4.78 is 51.8. The monoisotopic (exact) mass is 284 g/mol. The maximum atomic E-state index is 13.3. The number of pyridine rings is 1. The molecule has 0 aliphatic rings. The molecule has 2 aromatic rings. The van der Waals surface area contributed by atoms with E-state index >= 15 is 0 Å². The maximum absolute atomic E-state index is 13.3. The number of halogens is 4. The van der Waals surface area contributed by atoms with Crippen LogP contribution in [0.2, 0.25) is 0 Å². The van der Waals surface area contributed by atoms with Crippen molar-refractivity contribution in [3.05, 3.63) is 65.0 Å². The van der Waals surface area contributed by atoms with Crippen molar-refractivity contribution < 1.29 is 22.4 Å². The van der Waals surface area contributed by atoms with E-state index in [2.05, 4.69) is 10.3 Å². The Bertz CT molecular complexity index is 661. The summed E-state index contributed by atoms with van der Waals surface area (Å²) >= 11 is 0. The number of hydrogen-bond acceptors (Lipinski definition) is 2. The van der Waals surface area contributed by atoms with Crippen molar-refractivity contribution in [1.82, 2.24) is 10.3 Å². The molecule has 0 aliphatic heterocycles. The molecule has 1 aromatic carbocycles. The summed E-state index contributed by atoms with van der Waals surface area (Å²) in [5, 5.41) is 2.27. The largest absolute Gasteiger partial charge is 0.348 e. The standard InChI is InChI=1S/C13H8F4N2O/c14-9-2-1-7(5-10(9)15)6-19-13(20)8-3-4-18-12(17)11(8)16/h1-5H,6H2,(H,19,20). The van der Waals surface area contributed by atoms with Gasteiger partial charge < -0.3 is 5.32 Å². The SMILES string of the molecule is O=C(NCc1ccc(F)c(F)c1)c1ccnc(F)c1F. The number of carbonyl (C=O) groups excluding carboxylic acids is 1. The number of hydrogen-bond donors (Lipinski definition) is 1. The van der Waals surface area contributed by atoms with Crippen LogP contribution in [-0.4, -0.2) is 10.9 Å². The van der Waals surface area contributed by atoms with Gasteiger partial charge in [0.25, 0.3) is 5.91 Å². The van der Waals surface area contributed by atoms with Gasteiger partial charge in [-0.05, 0) is 23.8 Å². The Morgan fingerprint density at radius 1 is 1.10 bits per heavy atom. The van der Waals surface area contributed by atoms with Crippen molar-refractivity contribution in [3.8, 4) is 0 Å². The fourth-order valence-electron chi connectivity index (χ4n) is 1.52. The van der Waals surface area contributed by atoms with Crippen LogP contribution in [0.25, 0.3) is 0 Å². The molecule has 0 aliphatic carbocycles. The first-order chi connectivity index (χ1) is 9.49. The van der Waals surface area contributed by atoms with Crippen LogP contribution >= 0.6 is 0 Å². The molecule has 0 bridgehead atoms. The summed E-state index contributed by atoms with van der Waals surface area (Å²) in [6, 6.07) is 4.09. The summed E-state index contributed by atoms with van der Waals surface area (Å²) in [4.78, 5) is 14.7. The lowest BCUT2D eigenvalue weighted by atomic mass is 10.2. The zero-order valence-electron chi connectivity index (χ0n) is 9.96. The number of rotatable bonds is 3. The van der Waals surface area contributed by atoms with Crippen LogP contribution in [-0.2, 0) is 6.54 Å². The highest BCUT2D eigenvalue weighted by Gasteiger charge is 2.15. The van der Waals surface area contributed by atoms with E-state index in [1.54, 1.807) is 0 Å². The second-order valence-electron chi connectivity index (χ2n) is 3.89. The highest BCUT2D eigenvalue weighted by Crippen LogP contribution is 2.11. The van der Waals surface area contributed by atoms with Gasteiger partial charge in [0, 0.05) is 12.7 Å². The van der Waals surface area contributed by atoms with Crippen LogP contribution < -0.4 is 5.32 Å². The van der Waals surface area contributed by atoms with Gasteiger partial charge in [-0.2, -0.15) is 4.39 Å². The highest BCUT2D eigenvalue weighted by atomic mass is 19.2. The first-order valence-electron chi connectivity index (χ1n) is 5.51. The Kier molecular flexibility index (Phi) is 3.97. The van der Waals surface area contributed by atoms with Crippen LogP contribution in [0.1, 0.15) is 15.9 Å². The molecule has 0 saturated heterocycles. The van der Waals surface area contributed by atoms with E-state index in [4.69, 9.17) is 0 Å². The van der Waals surface area contributed by atoms with Crippen LogP contribution in [0.15, 0.2) is 30.5 Å². The predicted molar refractivity (Wildman–Crippen MR) is 61.7 cm³/mol. The van der Waals surface area contributed by atoms with Crippen LogP contribution in [0.4, 0.5) is 17.6 Å². The lowest BCUT2D eigenvalue weighted by Gasteiger charge is -2.06. The molecule has 104 valence electrons. The van der Waals surface area contributed by atoms with Crippen molar-refractivity contribution in [1.29, 1.82) is 0 Å². The molecule has 20 heavy (non-hydrogen) atoms. The van der Waals surface area contributed by atoms with Gasteiger partial charge in [0.15, 0.2) is 17.5 Å². The molecular weight excluding hydrogens is 276 g/mol. The Morgan fingerprint density at radius 3 is 2.55 bits per heavy atom. The third-order valence-electron chi connectivity index (χ3n) is 2.53. The summed E-state index contributed by atoms with van der Waals surface area (Å²) in [7, 11) is 0. The third kappa shape index (κ3) is 2.93. The molecule has 1 heterocycles. The molecule has 1 N–H and O–H groups in total. The molecule has 1 amide bonds. The average molecular weight is 284 g/mol. The molecule has 0 fully saturated rings. The van der Waals surface area contributed by atoms with Gasteiger partial charge in [0.2, 0.25) is 5.95 Å². The number of benzene rings is 1. The number of nitrogens with zero attached hydrogens (tertiary/aromatic N) is 1. The lowest BCUT2D eigenvalue weighted by molar-refractivity contribution is 0.0945. The molecule has 2 rings (SSSR count). The maximum Gasteiger partial charge on any atom is 0.254 e. The zero-order chi connectivity index (χ0) is 14.7. The van der Waals surface area contributed by atoms with Crippen LogP contribution in [0.5, 0.6) is 0 Å². The summed E-state index contributed by atoms with van der Waals surface area (Å²) in [6.07, 6.45) is 0.949. The molecule has 1 aromatic heterocycles. The van der Waals surface area contributed by atoms with Crippen molar-refractivity contribution >= 4 is 5.91 Å². The van der Waals surface area contributed by atoms with Crippen LogP contribution in [0.3, 0.4) is 0 Å². The van der Waals surface area contributed by atoms with E-state index in [1.807, 2.05) is 0 Å². The fraction of sp³-hybridized carbons (Fsp3) is 0.0769. The van der Waals surface area contributed by atoms with Crippen molar-refractivity contribution in [2.45, 2.75) is 6.54 Å². The van der Waals surface area contributed by atoms with Gasteiger partial charge in [-0.15, -0.1) is 0 Å². The van der Waals surface area contributed by atoms with Gasteiger partial charge in [-0.1, -0.05) is 6.07 Å². The minimum atomic E-state index is -1.38. The summed E-state index contributed by atoms with van der Waals surface area (Å²) in [5.74, 6) is -5.70. The molecular formula is C13H8F4N2O. The first-order valence-corrected chi connectivity index (χ1v) is 5.51. The van der Waals surface area contributed by atoms with E-state index < -0.39 is 34.9 Å². The quantitative estimate of drug-likeness (QED) is 0.695. The number of carbonyl (C=O) groups is 1. The first kappa shape index (κ1) is 14.0. The molecule has 3 nitrogen and oxygen atoms in total. The molecule has 0 saturated carbocycles. The Hall–Kier alpha value is -2.44. The molecule has 0 radical (unpaired) electrons. The lowest BCUT2D eigenvalue weighted by Crippen LogP contribution is -2.24. The number of aromatic nitrogens is 1. The van der Waals surface area contributed by atoms with Crippen molar-refractivity contribution in [3.63, 3.8) is 0 Å². The highest BCUT2D eigenvalue weighted by molar-refractivity contribution is 5.94. The number of nitrogens with one attached hydrogen (secondary N) is 1. The summed E-state index contributed by atoms with van der Waals surface area (Å²) in [5.41, 5.74) is -0.229. The Morgan fingerprint density at radius 2 is 1.85 bits per heavy atom. The predicted octanol–water partition coefficient (Wildman–Crippen LogP) is 2.57. The second kappa shape index (κ2) is 5.68. The second-order valence-corrected chi connectivity index (χ2v) is 3.89. The number of amides is 1. The van der Waals surface area contributed by atoms with E-state index in [-0.39, 0.29) is 12.1 Å². The minimum Gasteiger partial charge on any atom is -0.348 e. The van der Waals surface area contributed by atoms with Gasteiger partial charge in [-0.3, -0.25) is 4.79 Å². The fourth-order valence-corrected chi connectivity index (χ4v) is 1.52. The average Bonchev–Trinajstić information content (AvgIpc) is 2.43. The van der Waals surface area contributed by atoms with Gasteiger partial charge >= 0.3 is 0 Å². The van der Waals surface area contributed by atoms with Crippen molar-refractivity contribution in [2.24, 2.45) is 0 Å². The normalized spacial score (nSPS) is 10.4. The van der Waals surface area contributed by atoms with Gasteiger partial charge in [-0.25, -0.2) is 18.2 Å². The molecule has 0 unspecified atom stereocenters. The zero-order valence-corrected chi connectivity index (χ0v) is 9.96. The van der Waals surface area contributed by atoms with Gasteiger partial charge in [0.05, 0.1) is 5.56 Å². The van der Waals surface area contributed by atoms with Crippen molar-refractivity contribution in [2.75, 3.05) is 0 Å².